The largest absolute Gasteiger partial charge is 0.375 e. The summed E-state index contributed by atoms with van der Waals surface area (Å²) in [6.45, 7) is 18.7. The number of likely N-dealkylation sites (tertiary alicyclic amines) is 1. The fraction of sp³-hybridized carbons (Fsp3) is 1.00. The van der Waals surface area contributed by atoms with E-state index in [4.69, 9.17) is 4.74 Å². The van der Waals surface area contributed by atoms with Gasteiger partial charge in [-0.3, -0.25) is 0 Å². The summed E-state index contributed by atoms with van der Waals surface area (Å²) in [6, 6.07) is 0. The van der Waals surface area contributed by atoms with Gasteiger partial charge >= 0.3 is 0 Å². The fourth-order valence-corrected chi connectivity index (χ4v) is 3.76. The third kappa shape index (κ3) is 9.42. The normalized spacial score (nSPS) is 24.9. The van der Waals surface area contributed by atoms with Crippen LogP contribution in [0.15, 0.2) is 0 Å². The molecule has 0 spiro atoms. The lowest BCUT2D eigenvalue weighted by molar-refractivity contribution is -0.0593. The Hall–Kier alpha value is -0.0800. The number of ether oxygens (including phenoxy) is 1. The van der Waals surface area contributed by atoms with E-state index < -0.39 is 0 Å². The second-order valence-corrected chi connectivity index (χ2v) is 8.68. The zero-order valence-corrected chi connectivity index (χ0v) is 18.3. The molecule has 2 aliphatic rings. The van der Waals surface area contributed by atoms with Gasteiger partial charge in [-0.2, -0.15) is 0 Å². The molecule has 1 saturated heterocycles. The molecule has 0 aromatic rings. The molecule has 0 aromatic heterocycles. The van der Waals surface area contributed by atoms with E-state index >= 15 is 0 Å². The summed E-state index contributed by atoms with van der Waals surface area (Å²) in [5.74, 6) is 1.99. The zero-order chi connectivity index (χ0) is 18.8. The Bertz CT molecular complexity index is 292. The van der Waals surface area contributed by atoms with Crippen LogP contribution in [-0.4, -0.2) is 36.2 Å². The molecule has 2 heteroatoms. The van der Waals surface area contributed by atoms with Crippen LogP contribution in [0.25, 0.3) is 0 Å². The summed E-state index contributed by atoms with van der Waals surface area (Å²) in [6.07, 6.45) is 10.6. The van der Waals surface area contributed by atoms with E-state index in [0.29, 0.717) is 17.7 Å². The molecule has 0 aromatic carbocycles. The van der Waals surface area contributed by atoms with Gasteiger partial charge in [0, 0.05) is 12.1 Å². The van der Waals surface area contributed by atoms with E-state index in [9.17, 15) is 0 Å². The maximum absolute atomic E-state index is 5.85. The molecule has 1 aliphatic heterocycles. The molecule has 0 bridgehead atoms. The van der Waals surface area contributed by atoms with Gasteiger partial charge in [-0.25, -0.2) is 0 Å². The first-order valence-electron chi connectivity index (χ1n) is 10.6. The van der Waals surface area contributed by atoms with Crippen LogP contribution in [-0.2, 0) is 4.74 Å². The van der Waals surface area contributed by atoms with E-state index in [2.05, 4.69) is 53.5 Å². The Balaban J connectivity index is 0.000000420. The van der Waals surface area contributed by atoms with Crippen molar-refractivity contribution >= 4 is 0 Å². The van der Waals surface area contributed by atoms with Crippen LogP contribution in [0.2, 0.25) is 0 Å². The minimum Gasteiger partial charge on any atom is -0.375 e. The number of piperidine rings is 1. The van der Waals surface area contributed by atoms with E-state index in [0.717, 1.165) is 24.8 Å². The van der Waals surface area contributed by atoms with Crippen LogP contribution >= 0.6 is 0 Å². The molecule has 24 heavy (non-hydrogen) atoms. The molecule has 2 rings (SSSR count). The van der Waals surface area contributed by atoms with Gasteiger partial charge < -0.3 is 9.64 Å². The highest BCUT2D eigenvalue weighted by molar-refractivity contribution is 4.88. The van der Waals surface area contributed by atoms with Gasteiger partial charge in [0.25, 0.3) is 0 Å². The molecular weight excluding hydrogens is 294 g/mol. The Kier molecular flexibility index (Phi) is 12.3. The molecule has 1 atom stereocenters. The Labute approximate surface area is 153 Å². The Morgan fingerprint density at radius 3 is 1.83 bits per heavy atom. The maximum Gasteiger partial charge on any atom is 0.0608 e. The molecule has 0 N–H and O–H groups in total. The van der Waals surface area contributed by atoms with Crippen molar-refractivity contribution in [1.82, 2.24) is 4.90 Å². The summed E-state index contributed by atoms with van der Waals surface area (Å²) in [4.78, 5) is 2.42. The van der Waals surface area contributed by atoms with Crippen molar-refractivity contribution < 1.29 is 4.74 Å². The number of hydrogen-bond acceptors (Lipinski definition) is 2. The van der Waals surface area contributed by atoms with Crippen LogP contribution in [0.3, 0.4) is 0 Å². The molecule has 0 radical (unpaired) electrons. The van der Waals surface area contributed by atoms with E-state index in [1.165, 1.54) is 38.5 Å². The molecule has 1 unspecified atom stereocenters. The highest BCUT2D eigenvalue weighted by atomic mass is 16.5. The van der Waals surface area contributed by atoms with Gasteiger partial charge in [0.05, 0.1) is 12.2 Å². The highest BCUT2D eigenvalue weighted by Crippen LogP contribution is 2.29. The van der Waals surface area contributed by atoms with Crippen LogP contribution in [0.1, 0.15) is 100 Å². The van der Waals surface area contributed by atoms with Gasteiger partial charge in [-0.1, -0.05) is 59.8 Å². The Morgan fingerprint density at radius 1 is 0.917 bits per heavy atom. The monoisotopic (exact) mass is 341 g/mol. The van der Waals surface area contributed by atoms with Crippen LogP contribution < -0.4 is 0 Å². The first-order valence-corrected chi connectivity index (χ1v) is 10.6. The minimum absolute atomic E-state index is 0.303. The number of rotatable bonds is 3. The fourth-order valence-electron chi connectivity index (χ4n) is 3.76. The van der Waals surface area contributed by atoms with Crippen molar-refractivity contribution in [2.24, 2.45) is 11.8 Å². The second-order valence-electron chi connectivity index (χ2n) is 8.68. The summed E-state index contributed by atoms with van der Waals surface area (Å²) < 4.78 is 5.85. The lowest BCUT2D eigenvalue weighted by Gasteiger charge is -2.43. The molecule has 1 saturated carbocycles. The first kappa shape index (κ1) is 23.9. The first-order chi connectivity index (χ1) is 11.2. The second kappa shape index (κ2) is 12.3. The van der Waals surface area contributed by atoms with Crippen molar-refractivity contribution in [3.05, 3.63) is 0 Å². The average Bonchev–Trinajstić information content (AvgIpc) is 2.53. The lowest BCUT2D eigenvalue weighted by atomic mass is 9.82. The average molecular weight is 342 g/mol. The lowest BCUT2D eigenvalue weighted by Crippen LogP contribution is -2.50. The quantitative estimate of drug-likeness (QED) is 0.578. The summed E-state index contributed by atoms with van der Waals surface area (Å²) in [7, 11) is 2.20. The Morgan fingerprint density at radius 2 is 1.46 bits per heavy atom. The molecule has 2 fully saturated rings. The smallest absolute Gasteiger partial charge is 0.0608 e. The third-order valence-corrected chi connectivity index (χ3v) is 5.60. The third-order valence-electron chi connectivity index (χ3n) is 5.60. The van der Waals surface area contributed by atoms with E-state index in [1.54, 1.807) is 0 Å². The van der Waals surface area contributed by atoms with Gasteiger partial charge in [0.1, 0.15) is 0 Å². The molecule has 1 aliphatic carbocycles. The SMILES string of the molecule is CC.CC(C)C1CCCCC1.CC(C)OC1CCN(C)C(C)(C)C1. The molecule has 1 heterocycles. The maximum atomic E-state index is 5.85. The molecule has 0 amide bonds. The minimum atomic E-state index is 0.303. The standard InChI is InChI=1S/C11H23NO.C9H18.C2H6/c1-9(2)13-10-6-7-12(5)11(3,4)8-10;1-8(2)9-6-4-3-5-7-9;1-2/h9-10H,6-8H2,1-5H3;8-9H,3-7H2,1-2H3;1-2H3. The highest BCUT2D eigenvalue weighted by Gasteiger charge is 2.32. The molecule has 146 valence electrons. The van der Waals surface area contributed by atoms with Crippen molar-refractivity contribution in [2.75, 3.05) is 13.6 Å². The predicted octanol–water partition coefficient (Wildman–Crippen LogP) is 6.53. The van der Waals surface area contributed by atoms with E-state index in [-0.39, 0.29) is 0 Å². The summed E-state index contributed by atoms with van der Waals surface area (Å²) >= 11 is 0. The topological polar surface area (TPSA) is 12.5 Å². The van der Waals surface area contributed by atoms with Gasteiger partial charge in [0.2, 0.25) is 0 Å². The number of hydrogen-bond donors (Lipinski definition) is 0. The van der Waals surface area contributed by atoms with Crippen molar-refractivity contribution in [3.8, 4) is 0 Å². The predicted molar refractivity (Wildman–Crippen MR) is 109 cm³/mol. The van der Waals surface area contributed by atoms with Crippen LogP contribution in [0, 0.1) is 11.8 Å². The summed E-state index contributed by atoms with van der Waals surface area (Å²) in [5, 5.41) is 0. The van der Waals surface area contributed by atoms with Crippen molar-refractivity contribution in [1.29, 1.82) is 0 Å². The van der Waals surface area contributed by atoms with Crippen LogP contribution in [0.5, 0.6) is 0 Å². The van der Waals surface area contributed by atoms with Crippen molar-refractivity contribution in [3.63, 3.8) is 0 Å². The number of nitrogens with zero attached hydrogens (tertiary/aromatic N) is 1. The molecular formula is C22H47NO. The molecule has 2 nitrogen and oxygen atoms in total. The van der Waals surface area contributed by atoms with Gasteiger partial charge in [-0.05, 0) is 59.4 Å². The van der Waals surface area contributed by atoms with Gasteiger partial charge in [0.15, 0.2) is 0 Å². The summed E-state index contributed by atoms with van der Waals surface area (Å²) in [5.41, 5.74) is 0.303. The zero-order valence-electron chi connectivity index (χ0n) is 18.3. The van der Waals surface area contributed by atoms with Crippen LogP contribution in [0.4, 0.5) is 0 Å². The van der Waals surface area contributed by atoms with Gasteiger partial charge in [-0.15, -0.1) is 0 Å². The van der Waals surface area contributed by atoms with E-state index in [1.807, 2.05) is 13.8 Å². The van der Waals surface area contributed by atoms with Crippen molar-refractivity contribution in [2.45, 2.75) is 118 Å².